The van der Waals surface area contributed by atoms with Gasteiger partial charge in [-0.3, -0.25) is 4.90 Å². The summed E-state index contributed by atoms with van der Waals surface area (Å²) in [5.41, 5.74) is 6.20. The van der Waals surface area contributed by atoms with E-state index >= 15 is 0 Å². The highest BCUT2D eigenvalue weighted by molar-refractivity contribution is 5.85. The Morgan fingerprint density at radius 3 is 2.89 bits per heavy atom. The first-order valence-electron chi connectivity index (χ1n) is 6.49. The zero-order chi connectivity index (χ0) is 11.8. The molecule has 0 bridgehead atoms. The maximum atomic E-state index is 6.20. The zero-order valence-electron chi connectivity index (χ0n) is 10.7. The Balaban J connectivity index is 0.00000120. The van der Waals surface area contributed by atoms with Gasteiger partial charge in [0.25, 0.3) is 0 Å². The van der Waals surface area contributed by atoms with E-state index in [4.69, 9.17) is 10.3 Å². The topological polar surface area (TPSA) is 68.2 Å². The van der Waals surface area contributed by atoms with Crippen molar-refractivity contribution < 1.29 is 4.52 Å². The van der Waals surface area contributed by atoms with Gasteiger partial charge in [-0.2, -0.15) is 4.98 Å². The summed E-state index contributed by atoms with van der Waals surface area (Å²) in [6.07, 6.45) is 3.81. The molecule has 1 aliphatic heterocycles. The Kier molecular flexibility index (Phi) is 4.25. The van der Waals surface area contributed by atoms with Gasteiger partial charge in [0.15, 0.2) is 5.82 Å². The van der Waals surface area contributed by atoms with Gasteiger partial charge in [-0.25, -0.2) is 0 Å². The van der Waals surface area contributed by atoms with Crippen LogP contribution in [0.15, 0.2) is 4.52 Å². The van der Waals surface area contributed by atoms with Crippen LogP contribution in [0.2, 0.25) is 0 Å². The summed E-state index contributed by atoms with van der Waals surface area (Å²) in [4.78, 5) is 6.67. The fourth-order valence-electron chi connectivity index (χ4n) is 3.33. The molecule has 102 valence electrons. The minimum atomic E-state index is 0. The van der Waals surface area contributed by atoms with Crippen LogP contribution in [0.25, 0.3) is 0 Å². The van der Waals surface area contributed by atoms with Crippen molar-refractivity contribution in [1.82, 2.24) is 15.0 Å². The van der Waals surface area contributed by atoms with Crippen LogP contribution in [0.1, 0.15) is 31.0 Å². The number of likely N-dealkylation sites (tertiary alicyclic amines) is 1. The van der Waals surface area contributed by atoms with E-state index < -0.39 is 0 Å². The van der Waals surface area contributed by atoms with Crippen LogP contribution in [0.3, 0.4) is 0 Å². The average molecular weight is 273 g/mol. The quantitative estimate of drug-likeness (QED) is 0.880. The van der Waals surface area contributed by atoms with Crippen molar-refractivity contribution in [1.29, 1.82) is 0 Å². The first-order valence-corrected chi connectivity index (χ1v) is 6.49. The second kappa shape index (κ2) is 5.55. The van der Waals surface area contributed by atoms with E-state index in [2.05, 4.69) is 15.0 Å². The van der Waals surface area contributed by atoms with Crippen LogP contribution in [0, 0.1) is 18.8 Å². The van der Waals surface area contributed by atoms with Gasteiger partial charge in [-0.15, -0.1) is 12.4 Å². The maximum absolute atomic E-state index is 6.20. The standard InChI is InChI=1S/C12H20N4O.ClH/c1-8-14-12(17-15-8)7-16-5-9-3-2-4-11(13)10(9)6-16;/h9-11H,2-7,13H2,1H3;1H. The third-order valence-corrected chi connectivity index (χ3v) is 4.16. The number of nitrogens with zero attached hydrogens (tertiary/aromatic N) is 3. The summed E-state index contributed by atoms with van der Waals surface area (Å²) in [6.45, 7) is 4.86. The van der Waals surface area contributed by atoms with Gasteiger partial charge < -0.3 is 10.3 Å². The van der Waals surface area contributed by atoms with Crippen molar-refractivity contribution in [2.24, 2.45) is 17.6 Å². The molecule has 2 heterocycles. The fourth-order valence-corrected chi connectivity index (χ4v) is 3.33. The van der Waals surface area contributed by atoms with Gasteiger partial charge in [0.05, 0.1) is 6.54 Å². The van der Waals surface area contributed by atoms with Gasteiger partial charge in [-0.1, -0.05) is 11.6 Å². The first kappa shape index (κ1) is 13.8. The molecule has 5 nitrogen and oxygen atoms in total. The number of halogens is 1. The lowest BCUT2D eigenvalue weighted by atomic mass is 9.78. The molecule has 0 radical (unpaired) electrons. The largest absolute Gasteiger partial charge is 0.338 e. The zero-order valence-corrected chi connectivity index (χ0v) is 11.5. The number of nitrogens with two attached hydrogens (primary N) is 1. The van der Waals surface area contributed by atoms with E-state index in [9.17, 15) is 0 Å². The summed E-state index contributed by atoms with van der Waals surface area (Å²) in [5, 5.41) is 3.83. The molecule has 1 aliphatic carbocycles. The van der Waals surface area contributed by atoms with Crippen molar-refractivity contribution in [3.63, 3.8) is 0 Å². The minimum absolute atomic E-state index is 0. The van der Waals surface area contributed by atoms with Crippen molar-refractivity contribution in [3.05, 3.63) is 11.7 Å². The molecule has 2 aliphatic rings. The maximum Gasteiger partial charge on any atom is 0.240 e. The SMILES string of the molecule is Cc1noc(CN2CC3CCCC(N)C3C2)n1.Cl. The van der Waals surface area contributed by atoms with Crippen LogP contribution < -0.4 is 5.73 Å². The molecule has 3 rings (SSSR count). The summed E-state index contributed by atoms with van der Waals surface area (Å²) in [5.74, 6) is 2.90. The van der Waals surface area contributed by atoms with Gasteiger partial charge in [0, 0.05) is 19.1 Å². The van der Waals surface area contributed by atoms with Crippen LogP contribution in [-0.4, -0.2) is 34.2 Å². The lowest BCUT2D eigenvalue weighted by molar-refractivity contribution is 0.252. The summed E-state index contributed by atoms with van der Waals surface area (Å²) >= 11 is 0. The molecule has 18 heavy (non-hydrogen) atoms. The third-order valence-electron chi connectivity index (χ3n) is 4.16. The summed E-state index contributed by atoms with van der Waals surface area (Å²) in [7, 11) is 0. The molecule has 6 heteroatoms. The van der Waals surface area contributed by atoms with E-state index in [1.807, 2.05) is 6.92 Å². The lowest BCUT2D eigenvalue weighted by Gasteiger charge is -2.29. The number of hydrogen-bond acceptors (Lipinski definition) is 5. The van der Waals surface area contributed by atoms with Gasteiger partial charge in [0.1, 0.15) is 0 Å². The minimum Gasteiger partial charge on any atom is -0.338 e. The molecule has 2 N–H and O–H groups in total. The number of rotatable bonds is 2. The van der Waals surface area contributed by atoms with Crippen molar-refractivity contribution in [2.45, 2.75) is 38.8 Å². The summed E-state index contributed by atoms with van der Waals surface area (Å²) in [6, 6.07) is 0.392. The first-order chi connectivity index (χ1) is 8.22. The Bertz CT molecular complexity index is 397. The smallest absolute Gasteiger partial charge is 0.240 e. The van der Waals surface area contributed by atoms with Gasteiger partial charge >= 0.3 is 0 Å². The van der Waals surface area contributed by atoms with Crippen molar-refractivity contribution in [2.75, 3.05) is 13.1 Å². The second-order valence-electron chi connectivity index (χ2n) is 5.45. The van der Waals surface area contributed by atoms with Crippen LogP contribution in [0.5, 0.6) is 0 Å². The molecule has 0 spiro atoms. The molecular weight excluding hydrogens is 252 g/mol. The fraction of sp³-hybridized carbons (Fsp3) is 0.833. The molecule has 2 fully saturated rings. The monoisotopic (exact) mass is 272 g/mol. The van der Waals surface area contributed by atoms with Gasteiger partial charge in [0.2, 0.25) is 5.89 Å². The number of aryl methyl sites for hydroxylation is 1. The molecule has 0 aromatic carbocycles. The molecule has 1 aromatic rings. The highest BCUT2D eigenvalue weighted by atomic mass is 35.5. The predicted octanol–water partition coefficient (Wildman–Crippen LogP) is 1.36. The highest BCUT2D eigenvalue weighted by Gasteiger charge is 2.38. The van der Waals surface area contributed by atoms with Crippen molar-refractivity contribution >= 4 is 12.4 Å². The second-order valence-corrected chi connectivity index (χ2v) is 5.45. The molecule has 1 saturated carbocycles. The number of hydrogen-bond donors (Lipinski definition) is 1. The van der Waals surface area contributed by atoms with Gasteiger partial charge in [-0.05, 0) is 31.6 Å². The normalized spacial score (nSPS) is 32.0. The Morgan fingerprint density at radius 2 is 2.22 bits per heavy atom. The Morgan fingerprint density at radius 1 is 1.39 bits per heavy atom. The van der Waals surface area contributed by atoms with Crippen LogP contribution >= 0.6 is 12.4 Å². The molecule has 3 atom stereocenters. The molecule has 1 saturated heterocycles. The predicted molar refractivity (Wildman–Crippen MR) is 70.4 cm³/mol. The molecular formula is C12H21ClN4O. The van der Waals surface area contributed by atoms with E-state index in [0.29, 0.717) is 17.8 Å². The van der Waals surface area contributed by atoms with E-state index in [0.717, 1.165) is 31.4 Å². The van der Waals surface area contributed by atoms with Crippen LogP contribution in [0.4, 0.5) is 0 Å². The average Bonchev–Trinajstić information content (AvgIpc) is 2.86. The van der Waals surface area contributed by atoms with E-state index in [1.165, 1.54) is 19.3 Å². The molecule has 3 unspecified atom stereocenters. The van der Waals surface area contributed by atoms with Crippen LogP contribution in [-0.2, 0) is 6.54 Å². The molecule has 0 amide bonds. The number of fused-ring (bicyclic) bond motifs is 1. The Labute approximate surface area is 114 Å². The Hall–Kier alpha value is -0.650. The highest BCUT2D eigenvalue weighted by Crippen LogP contribution is 2.35. The summed E-state index contributed by atoms with van der Waals surface area (Å²) < 4.78 is 5.17. The van der Waals surface area contributed by atoms with E-state index in [-0.39, 0.29) is 12.4 Å². The lowest BCUT2D eigenvalue weighted by Crippen LogP contribution is -2.38. The van der Waals surface area contributed by atoms with Crippen molar-refractivity contribution in [3.8, 4) is 0 Å². The molecule has 1 aromatic heterocycles. The van der Waals surface area contributed by atoms with E-state index in [1.54, 1.807) is 0 Å². The third kappa shape index (κ3) is 2.68. The number of aromatic nitrogens is 2.